The number of amides is 1. The molecule has 108 valence electrons. The number of nitrogens with two attached hydrogens (primary N) is 1. The molecule has 2 aromatic heterocycles. The Morgan fingerprint density at radius 3 is 2.95 bits per heavy atom. The lowest BCUT2D eigenvalue weighted by molar-refractivity contribution is 0.0944. The second kappa shape index (κ2) is 5.87. The quantitative estimate of drug-likeness (QED) is 0.717. The first kappa shape index (κ1) is 14.1. The lowest BCUT2D eigenvalue weighted by atomic mass is 10.1. The van der Waals surface area contributed by atoms with E-state index in [1.165, 1.54) is 16.9 Å². The normalized spacial score (nSPS) is 12.4. The first-order chi connectivity index (χ1) is 10.1. The summed E-state index contributed by atoms with van der Waals surface area (Å²) in [6.07, 6.45) is 0.854. The van der Waals surface area contributed by atoms with Crippen LogP contribution in [0.25, 0.3) is 10.1 Å². The van der Waals surface area contributed by atoms with Crippen LogP contribution in [0.1, 0.15) is 22.2 Å². The third-order valence-corrected chi connectivity index (χ3v) is 5.11. The molecule has 3 rings (SSSR count). The van der Waals surface area contributed by atoms with Gasteiger partial charge in [-0.25, -0.2) is 0 Å². The molecule has 1 atom stereocenters. The van der Waals surface area contributed by atoms with Crippen LogP contribution < -0.4 is 11.1 Å². The highest BCUT2D eigenvalue weighted by Crippen LogP contribution is 2.27. The van der Waals surface area contributed by atoms with E-state index in [2.05, 4.69) is 22.1 Å². The van der Waals surface area contributed by atoms with Crippen molar-refractivity contribution in [2.24, 2.45) is 0 Å². The van der Waals surface area contributed by atoms with Crippen LogP contribution in [0.3, 0.4) is 0 Å². The zero-order valence-electron chi connectivity index (χ0n) is 11.6. The fraction of sp³-hybridized carbons (Fsp3) is 0.188. The van der Waals surface area contributed by atoms with Crippen LogP contribution in [0.4, 0.5) is 5.69 Å². The molecule has 0 bridgehead atoms. The zero-order chi connectivity index (χ0) is 14.8. The summed E-state index contributed by atoms with van der Waals surface area (Å²) in [5.41, 5.74) is 7.75. The monoisotopic (exact) mass is 316 g/mol. The number of benzene rings is 1. The molecule has 0 saturated carbocycles. The van der Waals surface area contributed by atoms with Gasteiger partial charge >= 0.3 is 0 Å². The minimum atomic E-state index is -0.0162. The van der Waals surface area contributed by atoms with Gasteiger partial charge < -0.3 is 11.1 Å². The predicted octanol–water partition coefficient (Wildman–Crippen LogP) is 3.91. The molecular weight excluding hydrogens is 300 g/mol. The highest BCUT2D eigenvalue weighted by atomic mass is 32.1. The maximum absolute atomic E-state index is 12.3. The number of anilines is 1. The Morgan fingerprint density at radius 1 is 1.33 bits per heavy atom. The Labute approximate surface area is 131 Å². The first-order valence-corrected chi connectivity index (χ1v) is 8.49. The predicted molar refractivity (Wildman–Crippen MR) is 91.2 cm³/mol. The molecule has 1 aromatic carbocycles. The van der Waals surface area contributed by atoms with Gasteiger partial charge in [0.2, 0.25) is 0 Å². The largest absolute Gasteiger partial charge is 0.399 e. The SMILES string of the molecule is CC(Cc1ccsc1)NC(=O)c1cc2cc(N)ccc2s1. The van der Waals surface area contributed by atoms with Gasteiger partial charge in [-0.1, -0.05) is 0 Å². The van der Waals surface area contributed by atoms with Crippen LogP contribution in [-0.4, -0.2) is 11.9 Å². The van der Waals surface area contributed by atoms with E-state index in [1.807, 2.05) is 31.2 Å². The van der Waals surface area contributed by atoms with Crippen molar-refractivity contribution in [3.05, 3.63) is 51.5 Å². The number of thiophene rings is 2. The number of hydrogen-bond donors (Lipinski definition) is 2. The number of hydrogen-bond acceptors (Lipinski definition) is 4. The fourth-order valence-electron chi connectivity index (χ4n) is 2.28. The van der Waals surface area contributed by atoms with E-state index in [-0.39, 0.29) is 11.9 Å². The molecule has 0 radical (unpaired) electrons. The van der Waals surface area contributed by atoms with Gasteiger partial charge in [0.05, 0.1) is 4.88 Å². The van der Waals surface area contributed by atoms with Gasteiger partial charge in [0.25, 0.3) is 5.91 Å². The maximum atomic E-state index is 12.3. The summed E-state index contributed by atoms with van der Waals surface area (Å²) in [4.78, 5) is 13.0. The molecule has 2 heterocycles. The van der Waals surface area contributed by atoms with Gasteiger partial charge in [-0.2, -0.15) is 11.3 Å². The Kier molecular flexibility index (Phi) is 3.94. The van der Waals surface area contributed by atoms with Crippen molar-refractivity contribution in [2.45, 2.75) is 19.4 Å². The van der Waals surface area contributed by atoms with E-state index in [0.717, 1.165) is 27.1 Å². The van der Waals surface area contributed by atoms with Gasteiger partial charge in [-0.15, -0.1) is 11.3 Å². The Bertz CT molecular complexity index is 762. The average Bonchev–Trinajstić information content (AvgIpc) is 3.06. The highest BCUT2D eigenvalue weighted by molar-refractivity contribution is 7.20. The lowest BCUT2D eigenvalue weighted by Crippen LogP contribution is -2.33. The van der Waals surface area contributed by atoms with E-state index in [4.69, 9.17) is 5.73 Å². The first-order valence-electron chi connectivity index (χ1n) is 6.73. The molecule has 0 aliphatic carbocycles. The number of rotatable bonds is 4. The van der Waals surface area contributed by atoms with Crippen LogP contribution in [0.2, 0.25) is 0 Å². The fourth-order valence-corrected chi connectivity index (χ4v) is 3.91. The van der Waals surface area contributed by atoms with Gasteiger partial charge in [-0.05, 0) is 65.4 Å². The van der Waals surface area contributed by atoms with E-state index >= 15 is 0 Å². The molecule has 0 saturated heterocycles. The summed E-state index contributed by atoms with van der Waals surface area (Å²) in [7, 11) is 0. The van der Waals surface area contributed by atoms with Crippen LogP contribution in [0.15, 0.2) is 41.1 Å². The smallest absolute Gasteiger partial charge is 0.261 e. The summed E-state index contributed by atoms with van der Waals surface area (Å²) >= 11 is 3.18. The van der Waals surface area contributed by atoms with Gasteiger partial charge in [0, 0.05) is 16.4 Å². The average molecular weight is 316 g/mol. The summed E-state index contributed by atoms with van der Waals surface area (Å²) in [5.74, 6) is -0.0162. The Balaban J connectivity index is 1.71. The summed E-state index contributed by atoms with van der Waals surface area (Å²) in [6, 6.07) is 9.83. The zero-order valence-corrected chi connectivity index (χ0v) is 13.3. The molecule has 0 aliphatic heterocycles. The minimum absolute atomic E-state index is 0.0162. The molecule has 3 nitrogen and oxygen atoms in total. The van der Waals surface area contributed by atoms with Crippen LogP contribution in [-0.2, 0) is 6.42 Å². The van der Waals surface area contributed by atoms with Crippen molar-refractivity contribution >= 4 is 44.4 Å². The molecule has 0 aliphatic rings. The van der Waals surface area contributed by atoms with Crippen molar-refractivity contribution in [2.75, 3.05) is 5.73 Å². The number of fused-ring (bicyclic) bond motifs is 1. The topological polar surface area (TPSA) is 55.1 Å². The Morgan fingerprint density at radius 2 is 2.19 bits per heavy atom. The van der Waals surface area contributed by atoms with Crippen molar-refractivity contribution in [1.29, 1.82) is 0 Å². The number of nitrogens with one attached hydrogen (secondary N) is 1. The van der Waals surface area contributed by atoms with Gasteiger partial charge in [0.1, 0.15) is 0 Å². The standard InChI is InChI=1S/C16H16N2OS2/c1-10(6-11-4-5-20-9-11)18-16(19)15-8-12-7-13(17)2-3-14(12)21-15/h2-5,7-10H,6,17H2,1H3,(H,18,19). The third-order valence-electron chi connectivity index (χ3n) is 3.26. The molecule has 1 amide bonds. The van der Waals surface area contributed by atoms with E-state index in [1.54, 1.807) is 11.3 Å². The van der Waals surface area contributed by atoms with Gasteiger partial charge in [0.15, 0.2) is 0 Å². The van der Waals surface area contributed by atoms with Crippen LogP contribution in [0, 0.1) is 0 Å². The minimum Gasteiger partial charge on any atom is -0.399 e. The molecule has 5 heteroatoms. The maximum Gasteiger partial charge on any atom is 0.261 e. The molecular formula is C16H16N2OS2. The summed E-state index contributed by atoms with van der Waals surface area (Å²) < 4.78 is 1.08. The molecule has 3 N–H and O–H groups in total. The summed E-state index contributed by atoms with van der Waals surface area (Å²) in [6.45, 7) is 2.03. The second-order valence-electron chi connectivity index (χ2n) is 5.12. The van der Waals surface area contributed by atoms with E-state index in [9.17, 15) is 4.79 Å². The van der Waals surface area contributed by atoms with Crippen molar-refractivity contribution in [3.63, 3.8) is 0 Å². The van der Waals surface area contributed by atoms with Crippen molar-refractivity contribution in [1.82, 2.24) is 5.32 Å². The lowest BCUT2D eigenvalue weighted by Gasteiger charge is -2.12. The third kappa shape index (κ3) is 3.25. The second-order valence-corrected chi connectivity index (χ2v) is 6.98. The number of carbonyl (C=O) groups is 1. The molecule has 1 unspecified atom stereocenters. The molecule has 0 fully saturated rings. The van der Waals surface area contributed by atoms with Crippen LogP contribution >= 0.6 is 22.7 Å². The molecule has 0 spiro atoms. The number of nitrogen functional groups attached to an aromatic ring is 1. The molecule has 21 heavy (non-hydrogen) atoms. The molecule has 3 aromatic rings. The summed E-state index contributed by atoms with van der Waals surface area (Å²) in [5, 5.41) is 8.25. The highest BCUT2D eigenvalue weighted by Gasteiger charge is 2.13. The van der Waals surface area contributed by atoms with Crippen LogP contribution in [0.5, 0.6) is 0 Å². The van der Waals surface area contributed by atoms with Crippen molar-refractivity contribution in [3.8, 4) is 0 Å². The van der Waals surface area contributed by atoms with Crippen molar-refractivity contribution < 1.29 is 4.79 Å². The number of carbonyl (C=O) groups excluding carboxylic acids is 1. The Hall–Kier alpha value is -1.85. The van der Waals surface area contributed by atoms with Gasteiger partial charge in [-0.3, -0.25) is 4.79 Å². The van der Waals surface area contributed by atoms with E-state index in [0.29, 0.717) is 0 Å². The van der Waals surface area contributed by atoms with E-state index < -0.39 is 0 Å².